The summed E-state index contributed by atoms with van der Waals surface area (Å²) in [7, 11) is 0. The van der Waals surface area contributed by atoms with Crippen molar-refractivity contribution < 1.29 is 62.1 Å². The molecule has 0 aromatic carbocycles. The molecule has 1 N–H and O–H groups in total. The van der Waals surface area contributed by atoms with Gasteiger partial charge in [0.2, 0.25) is 0 Å². The summed E-state index contributed by atoms with van der Waals surface area (Å²) >= 11 is 0. The molecule has 0 aromatic rings. The first kappa shape index (κ1) is 47.6. The van der Waals surface area contributed by atoms with E-state index in [-0.39, 0.29) is 25.8 Å². The fourth-order valence-electron chi connectivity index (χ4n) is 4.49. The third kappa shape index (κ3) is 44.6. The maximum Gasteiger partial charge on any atom is 0.329 e. The summed E-state index contributed by atoms with van der Waals surface area (Å²) in [5, 5.41) is 8.43. The molecule has 0 saturated carbocycles. The van der Waals surface area contributed by atoms with Crippen molar-refractivity contribution in [3.05, 3.63) is 0 Å². The van der Waals surface area contributed by atoms with Gasteiger partial charge in [-0.1, -0.05) is 84.0 Å². The molecule has 0 saturated heterocycles. The summed E-state index contributed by atoms with van der Waals surface area (Å²) in [4.78, 5) is 22.1. The van der Waals surface area contributed by atoms with E-state index in [4.69, 9.17) is 52.5 Å². The fourth-order valence-corrected chi connectivity index (χ4v) is 4.49. The van der Waals surface area contributed by atoms with Crippen molar-refractivity contribution in [3.8, 4) is 0 Å². The van der Waals surface area contributed by atoms with E-state index in [1.165, 1.54) is 70.6 Å². The molecular formula is C36H70O13. The molecule has 0 unspecified atom stereocenters. The van der Waals surface area contributed by atoms with Crippen molar-refractivity contribution in [2.45, 2.75) is 96.8 Å². The Balaban J connectivity index is 3.13. The average molecular weight is 711 g/mol. The van der Waals surface area contributed by atoms with Crippen LogP contribution in [0.15, 0.2) is 0 Å². The molecule has 0 heterocycles. The number of hydrogen-bond donors (Lipinski definition) is 1. The van der Waals surface area contributed by atoms with Crippen LogP contribution >= 0.6 is 0 Å². The molecule has 0 radical (unpaired) electrons. The van der Waals surface area contributed by atoms with Crippen LogP contribution in [0.25, 0.3) is 0 Å². The third-order valence-electron chi connectivity index (χ3n) is 7.18. The summed E-state index contributed by atoms with van der Waals surface area (Å²) in [6.45, 7) is 9.69. The van der Waals surface area contributed by atoms with E-state index < -0.39 is 5.97 Å². The minimum Gasteiger partial charge on any atom is -0.480 e. The van der Waals surface area contributed by atoms with Crippen LogP contribution in [0.1, 0.15) is 96.8 Å². The lowest BCUT2D eigenvalue weighted by Crippen LogP contribution is -2.15. The van der Waals surface area contributed by atoms with Crippen molar-refractivity contribution >= 4 is 11.9 Å². The highest BCUT2D eigenvalue weighted by Crippen LogP contribution is 2.13. The standard InChI is InChI=1S/C36H70O13/c1-2-3-4-5-6-7-8-9-10-11-12-13-14-15-36(39)49-33-32-47-29-28-45-25-24-43-21-20-41-17-16-40-18-19-42-22-23-44-26-27-46-30-31-48-34-35(37)38/h2-34H2,1H3,(H,37,38). The third-order valence-corrected chi connectivity index (χ3v) is 7.18. The second-order valence-corrected chi connectivity index (χ2v) is 11.6. The Bertz CT molecular complexity index is 669. The van der Waals surface area contributed by atoms with Crippen molar-refractivity contribution in [1.29, 1.82) is 0 Å². The Morgan fingerprint density at radius 3 is 0.939 bits per heavy atom. The Labute approximate surface area is 296 Å². The van der Waals surface area contributed by atoms with E-state index in [9.17, 15) is 9.59 Å². The zero-order chi connectivity index (χ0) is 35.6. The second kappa shape index (κ2) is 42.7. The van der Waals surface area contributed by atoms with Gasteiger partial charge >= 0.3 is 11.9 Å². The predicted octanol–water partition coefficient (Wildman–Crippen LogP) is 5.24. The monoisotopic (exact) mass is 710 g/mol. The largest absolute Gasteiger partial charge is 0.480 e. The van der Waals surface area contributed by atoms with Gasteiger partial charge in [0.15, 0.2) is 0 Å². The second-order valence-electron chi connectivity index (χ2n) is 11.6. The van der Waals surface area contributed by atoms with Crippen molar-refractivity contribution in [2.24, 2.45) is 0 Å². The van der Waals surface area contributed by atoms with Gasteiger partial charge in [-0.15, -0.1) is 0 Å². The smallest absolute Gasteiger partial charge is 0.329 e. The summed E-state index contributed by atoms with van der Waals surface area (Å²) in [5.74, 6) is -1.13. The number of carbonyl (C=O) groups is 2. The lowest BCUT2D eigenvalue weighted by atomic mass is 10.0. The molecule has 49 heavy (non-hydrogen) atoms. The maximum atomic E-state index is 11.8. The number of rotatable bonds is 43. The Morgan fingerprint density at radius 1 is 0.367 bits per heavy atom. The van der Waals surface area contributed by atoms with Gasteiger partial charge in [-0.2, -0.15) is 0 Å². The number of carbonyl (C=O) groups excluding carboxylic acids is 1. The summed E-state index contributed by atoms with van der Waals surface area (Å²) in [6.07, 6.45) is 17.3. The number of ether oxygens (including phenoxy) is 10. The van der Waals surface area contributed by atoms with E-state index in [0.29, 0.717) is 112 Å². The van der Waals surface area contributed by atoms with E-state index in [2.05, 4.69) is 6.92 Å². The highest BCUT2D eigenvalue weighted by molar-refractivity contribution is 5.69. The average Bonchev–Trinajstić information content (AvgIpc) is 3.09. The molecule has 13 heteroatoms. The van der Waals surface area contributed by atoms with E-state index in [1.54, 1.807) is 0 Å². The van der Waals surface area contributed by atoms with Crippen LogP contribution in [-0.4, -0.2) is 143 Å². The molecule has 0 atom stereocenters. The van der Waals surface area contributed by atoms with Gasteiger partial charge in [0.1, 0.15) is 13.2 Å². The highest BCUT2D eigenvalue weighted by atomic mass is 16.6. The Morgan fingerprint density at radius 2 is 0.633 bits per heavy atom. The zero-order valence-corrected chi connectivity index (χ0v) is 30.7. The van der Waals surface area contributed by atoms with E-state index in [0.717, 1.165) is 12.8 Å². The molecule has 0 rings (SSSR count). The van der Waals surface area contributed by atoms with Gasteiger partial charge in [0.25, 0.3) is 0 Å². The molecular weight excluding hydrogens is 640 g/mol. The van der Waals surface area contributed by atoms with Gasteiger partial charge in [0.05, 0.1) is 112 Å². The van der Waals surface area contributed by atoms with Crippen LogP contribution in [0, 0.1) is 0 Å². The molecule has 0 amide bonds. The fraction of sp³-hybridized carbons (Fsp3) is 0.944. The number of esters is 1. The summed E-state index contributed by atoms with van der Waals surface area (Å²) in [6, 6.07) is 0. The van der Waals surface area contributed by atoms with Crippen molar-refractivity contribution in [3.63, 3.8) is 0 Å². The molecule has 0 aliphatic rings. The summed E-state index contributed by atoms with van der Waals surface area (Å²) < 4.78 is 53.4. The molecule has 0 spiro atoms. The lowest BCUT2D eigenvalue weighted by Gasteiger charge is -2.09. The van der Waals surface area contributed by atoms with Crippen LogP contribution in [0.2, 0.25) is 0 Å². The molecule has 0 aliphatic carbocycles. The zero-order valence-electron chi connectivity index (χ0n) is 30.7. The SMILES string of the molecule is CCCCCCCCCCCCCCCC(=O)OCCOCCOCCOCCOCCOCCOCCOCCOCCOCC(=O)O. The first-order valence-electron chi connectivity index (χ1n) is 18.7. The minimum absolute atomic E-state index is 0.138. The van der Waals surface area contributed by atoms with Crippen LogP contribution in [0.4, 0.5) is 0 Å². The van der Waals surface area contributed by atoms with Gasteiger partial charge in [-0.05, 0) is 6.42 Å². The Kier molecular flexibility index (Phi) is 41.5. The molecule has 0 aromatic heterocycles. The summed E-state index contributed by atoms with van der Waals surface area (Å²) in [5.41, 5.74) is 0. The van der Waals surface area contributed by atoms with Crippen LogP contribution in [0.3, 0.4) is 0 Å². The topological polar surface area (TPSA) is 147 Å². The van der Waals surface area contributed by atoms with Gasteiger partial charge in [0, 0.05) is 6.42 Å². The highest BCUT2D eigenvalue weighted by Gasteiger charge is 2.03. The number of hydrogen-bond acceptors (Lipinski definition) is 12. The number of carboxylic acids is 1. The van der Waals surface area contributed by atoms with Gasteiger partial charge < -0.3 is 52.5 Å². The van der Waals surface area contributed by atoms with Crippen LogP contribution in [-0.2, 0) is 57.0 Å². The van der Waals surface area contributed by atoms with Gasteiger partial charge in [-0.3, -0.25) is 4.79 Å². The molecule has 0 aliphatic heterocycles. The van der Waals surface area contributed by atoms with E-state index in [1.807, 2.05) is 0 Å². The quantitative estimate of drug-likeness (QED) is 0.0650. The van der Waals surface area contributed by atoms with Crippen molar-refractivity contribution in [2.75, 3.05) is 126 Å². The number of aliphatic carboxylic acids is 1. The van der Waals surface area contributed by atoms with Crippen LogP contribution < -0.4 is 0 Å². The Hall–Kier alpha value is -1.42. The number of unbranched alkanes of at least 4 members (excludes halogenated alkanes) is 12. The molecule has 0 fully saturated rings. The van der Waals surface area contributed by atoms with Crippen molar-refractivity contribution in [1.82, 2.24) is 0 Å². The van der Waals surface area contributed by atoms with E-state index >= 15 is 0 Å². The maximum absolute atomic E-state index is 11.8. The lowest BCUT2D eigenvalue weighted by molar-refractivity contribution is -0.145. The predicted molar refractivity (Wildman–Crippen MR) is 186 cm³/mol. The normalized spacial score (nSPS) is 11.4. The first-order chi connectivity index (χ1) is 24.2. The van der Waals surface area contributed by atoms with Crippen LogP contribution in [0.5, 0.6) is 0 Å². The first-order valence-corrected chi connectivity index (χ1v) is 18.7. The number of carboxylic acid groups (broad SMARTS) is 1. The molecule has 0 bridgehead atoms. The van der Waals surface area contributed by atoms with Gasteiger partial charge in [-0.25, -0.2) is 4.79 Å². The molecule has 13 nitrogen and oxygen atoms in total. The molecule has 292 valence electrons. The minimum atomic E-state index is -0.996.